The van der Waals surface area contributed by atoms with E-state index < -0.39 is 11.7 Å². The van der Waals surface area contributed by atoms with E-state index >= 15 is 0 Å². The summed E-state index contributed by atoms with van der Waals surface area (Å²) in [6.45, 7) is 5.91. The van der Waals surface area contributed by atoms with Crippen LogP contribution in [0.25, 0.3) is 11.3 Å². The summed E-state index contributed by atoms with van der Waals surface area (Å²) in [6.07, 6.45) is -2.65. The lowest BCUT2D eigenvalue weighted by atomic mass is 10.1. The summed E-state index contributed by atoms with van der Waals surface area (Å²) in [7, 11) is 0. The number of nitrogens with zero attached hydrogens (tertiary/aromatic N) is 1. The van der Waals surface area contributed by atoms with Crippen LogP contribution in [0, 0.1) is 6.92 Å². The first-order valence-electron chi connectivity index (χ1n) is 6.07. The Morgan fingerprint density at radius 1 is 0.947 bits per heavy atom. The predicted molar refractivity (Wildman–Crippen MR) is 70.8 cm³/mol. The fourth-order valence-electron chi connectivity index (χ4n) is 1.52. The molecule has 0 atom stereocenters. The smallest absolute Gasteiger partial charge is 0.256 e. The molecular weight excluding hydrogens is 251 g/mol. The first-order chi connectivity index (χ1) is 8.97. The first-order valence-corrected chi connectivity index (χ1v) is 6.07. The number of hydrogen-bond acceptors (Lipinski definition) is 1. The molecule has 0 aliphatic heterocycles. The molecule has 1 heterocycles. The van der Waals surface area contributed by atoms with Crippen LogP contribution in [-0.2, 0) is 6.18 Å². The van der Waals surface area contributed by atoms with Crippen LogP contribution >= 0.6 is 0 Å². The van der Waals surface area contributed by atoms with Crippen LogP contribution < -0.4 is 0 Å². The minimum atomic E-state index is -4.29. The molecule has 2 rings (SSSR count). The standard InChI is InChI=1S/C13H10F3N.C2H6/c1-9-6-7-17-12(8-9)10-2-4-11(5-3-10)13(14,15)16;1-2/h2-8H,1H3;1-2H3. The highest BCUT2D eigenvalue weighted by Crippen LogP contribution is 2.30. The predicted octanol–water partition coefficient (Wildman–Crippen LogP) is 5.10. The van der Waals surface area contributed by atoms with Crippen molar-refractivity contribution in [3.63, 3.8) is 0 Å². The van der Waals surface area contributed by atoms with Gasteiger partial charge in [-0.25, -0.2) is 0 Å². The zero-order valence-corrected chi connectivity index (χ0v) is 11.1. The van der Waals surface area contributed by atoms with Crippen LogP contribution in [-0.4, -0.2) is 4.98 Å². The van der Waals surface area contributed by atoms with Gasteiger partial charge in [0.15, 0.2) is 0 Å². The molecule has 19 heavy (non-hydrogen) atoms. The molecule has 0 fully saturated rings. The van der Waals surface area contributed by atoms with Crippen LogP contribution in [0.4, 0.5) is 13.2 Å². The summed E-state index contributed by atoms with van der Waals surface area (Å²) in [5.41, 5.74) is 1.74. The van der Waals surface area contributed by atoms with Crippen LogP contribution in [0.5, 0.6) is 0 Å². The average Bonchev–Trinajstić information content (AvgIpc) is 2.40. The van der Waals surface area contributed by atoms with E-state index in [9.17, 15) is 13.2 Å². The SMILES string of the molecule is CC.Cc1ccnc(-c2ccc(C(F)(F)F)cc2)c1. The van der Waals surface area contributed by atoms with Gasteiger partial charge in [-0.05, 0) is 36.8 Å². The van der Waals surface area contributed by atoms with E-state index in [2.05, 4.69) is 4.98 Å². The van der Waals surface area contributed by atoms with Crippen molar-refractivity contribution < 1.29 is 13.2 Å². The summed E-state index contributed by atoms with van der Waals surface area (Å²) in [5.74, 6) is 0. The lowest BCUT2D eigenvalue weighted by Gasteiger charge is -2.07. The second-order valence-corrected chi connectivity index (χ2v) is 3.79. The first kappa shape index (κ1) is 15.2. The quantitative estimate of drug-likeness (QED) is 0.700. The average molecular weight is 267 g/mol. The molecule has 0 saturated carbocycles. The van der Waals surface area contributed by atoms with Gasteiger partial charge in [-0.1, -0.05) is 26.0 Å². The third-order valence-electron chi connectivity index (χ3n) is 2.42. The molecule has 0 unspecified atom stereocenters. The van der Waals surface area contributed by atoms with Crippen LogP contribution in [0.1, 0.15) is 25.0 Å². The number of aromatic nitrogens is 1. The highest BCUT2D eigenvalue weighted by molar-refractivity contribution is 5.60. The summed E-state index contributed by atoms with van der Waals surface area (Å²) in [6, 6.07) is 8.68. The highest BCUT2D eigenvalue weighted by Gasteiger charge is 2.29. The van der Waals surface area contributed by atoms with Crippen molar-refractivity contribution in [3.8, 4) is 11.3 Å². The van der Waals surface area contributed by atoms with Crippen LogP contribution in [0.3, 0.4) is 0 Å². The number of benzene rings is 1. The third-order valence-corrected chi connectivity index (χ3v) is 2.42. The maximum Gasteiger partial charge on any atom is 0.416 e. The van der Waals surface area contributed by atoms with Gasteiger partial charge in [0, 0.05) is 11.8 Å². The summed E-state index contributed by atoms with van der Waals surface area (Å²) in [5, 5.41) is 0. The summed E-state index contributed by atoms with van der Waals surface area (Å²) < 4.78 is 37.1. The molecule has 0 saturated heterocycles. The van der Waals surface area contributed by atoms with Gasteiger partial charge >= 0.3 is 6.18 Å². The van der Waals surface area contributed by atoms with E-state index in [1.54, 1.807) is 6.20 Å². The molecule has 102 valence electrons. The van der Waals surface area contributed by atoms with Gasteiger partial charge in [0.05, 0.1) is 11.3 Å². The van der Waals surface area contributed by atoms with Crippen LogP contribution in [0.15, 0.2) is 42.6 Å². The van der Waals surface area contributed by atoms with E-state index in [0.717, 1.165) is 17.7 Å². The van der Waals surface area contributed by atoms with Crippen molar-refractivity contribution in [3.05, 3.63) is 53.7 Å². The van der Waals surface area contributed by atoms with Crippen molar-refractivity contribution in [2.24, 2.45) is 0 Å². The molecule has 0 bridgehead atoms. The molecule has 2 aromatic rings. The van der Waals surface area contributed by atoms with Gasteiger partial charge in [0.25, 0.3) is 0 Å². The van der Waals surface area contributed by atoms with E-state index in [-0.39, 0.29) is 0 Å². The Morgan fingerprint density at radius 2 is 1.53 bits per heavy atom. The minimum absolute atomic E-state index is 0.645. The molecule has 0 aliphatic carbocycles. The number of pyridine rings is 1. The highest BCUT2D eigenvalue weighted by atomic mass is 19.4. The van der Waals surface area contributed by atoms with Gasteiger partial charge in [-0.15, -0.1) is 0 Å². The Kier molecular flexibility index (Phi) is 5.10. The Morgan fingerprint density at radius 3 is 2.00 bits per heavy atom. The third kappa shape index (κ3) is 4.09. The lowest BCUT2D eigenvalue weighted by molar-refractivity contribution is -0.137. The topological polar surface area (TPSA) is 12.9 Å². The molecule has 0 radical (unpaired) electrons. The van der Waals surface area contributed by atoms with E-state index in [1.807, 2.05) is 32.9 Å². The Bertz CT molecular complexity index is 516. The van der Waals surface area contributed by atoms with Gasteiger partial charge in [0.2, 0.25) is 0 Å². The lowest BCUT2D eigenvalue weighted by Crippen LogP contribution is -2.04. The molecular formula is C15H16F3N. The number of hydrogen-bond donors (Lipinski definition) is 0. The zero-order valence-electron chi connectivity index (χ0n) is 11.1. The van der Waals surface area contributed by atoms with Crippen molar-refractivity contribution in [2.45, 2.75) is 26.9 Å². The van der Waals surface area contributed by atoms with Crippen molar-refractivity contribution >= 4 is 0 Å². The molecule has 0 N–H and O–H groups in total. The zero-order chi connectivity index (χ0) is 14.5. The number of alkyl halides is 3. The molecule has 1 nitrogen and oxygen atoms in total. The summed E-state index contributed by atoms with van der Waals surface area (Å²) >= 11 is 0. The van der Waals surface area contributed by atoms with Crippen molar-refractivity contribution in [2.75, 3.05) is 0 Å². The molecule has 1 aromatic heterocycles. The van der Waals surface area contributed by atoms with Gasteiger partial charge < -0.3 is 0 Å². The molecule has 4 heteroatoms. The van der Waals surface area contributed by atoms with Gasteiger partial charge in [0.1, 0.15) is 0 Å². The second kappa shape index (κ2) is 6.36. The fraction of sp³-hybridized carbons (Fsp3) is 0.267. The van der Waals surface area contributed by atoms with E-state index in [0.29, 0.717) is 11.3 Å². The van der Waals surface area contributed by atoms with E-state index in [1.165, 1.54) is 12.1 Å². The Hall–Kier alpha value is -1.84. The monoisotopic (exact) mass is 267 g/mol. The summed E-state index contributed by atoms with van der Waals surface area (Å²) in [4.78, 5) is 4.12. The maximum absolute atomic E-state index is 12.4. The molecule has 0 amide bonds. The van der Waals surface area contributed by atoms with Gasteiger partial charge in [-0.2, -0.15) is 13.2 Å². The largest absolute Gasteiger partial charge is 0.416 e. The molecule has 0 spiro atoms. The van der Waals surface area contributed by atoms with Crippen LogP contribution in [0.2, 0.25) is 0 Å². The second-order valence-electron chi connectivity index (χ2n) is 3.79. The Labute approximate surface area is 111 Å². The number of halogens is 3. The van der Waals surface area contributed by atoms with Gasteiger partial charge in [-0.3, -0.25) is 4.98 Å². The normalized spacial score (nSPS) is 10.6. The Balaban J connectivity index is 0.000000861. The van der Waals surface area contributed by atoms with Crippen molar-refractivity contribution in [1.29, 1.82) is 0 Å². The molecule has 1 aromatic carbocycles. The molecule has 0 aliphatic rings. The van der Waals surface area contributed by atoms with Crippen molar-refractivity contribution in [1.82, 2.24) is 4.98 Å². The maximum atomic E-state index is 12.4. The number of aryl methyl sites for hydroxylation is 1. The van der Waals surface area contributed by atoms with E-state index in [4.69, 9.17) is 0 Å². The number of rotatable bonds is 1. The minimum Gasteiger partial charge on any atom is -0.256 e. The fourth-order valence-corrected chi connectivity index (χ4v) is 1.52.